The van der Waals surface area contributed by atoms with Crippen LogP contribution in [0, 0.1) is 21.4 Å². The number of anilines is 1. The predicted molar refractivity (Wildman–Crippen MR) is 74.7 cm³/mol. The van der Waals surface area contributed by atoms with Gasteiger partial charge in [0.2, 0.25) is 0 Å². The lowest BCUT2D eigenvalue weighted by Gasteiger charge is -2.28. The highest BCUT2D eigenvalue weighted by Crippen LogP contribution is 2.29. The molecule has 0 aromatic heterocycles. The first-order chi connectivity index (χ1) is 9.61. The van der Waals surface area contributed by atoms with Crippen LogP contribution in [0.2, 0.25) is 0 Å². The van der Waals surface area contributed by atoms with E-state index in [9.17, 15) is 10.1 Å². The molecule has 1 atom stereocenters. The molecule has 2 rings (SSSR count). The van der Waals surface area contributed by atoms with Gasteiger partial charge in [0.25, 0.3) is 5.69 Å². The van der Waals surface area contributed by atoms with Crippen molar-refractivity contribution in [3.05, 3.63) is 33.9 Å². The van der Waals surface area contributed by atoms with Gasteiger partial charge in [-0.25, -0.2) is 0 Å². The Bertz CT molecular complexity index is 533. The third-order valence-corrected chi connectivity index (χ3v) is 3.46. The number of hydrogen-bond donors (Lipinski definition) is 0. The Hall–Kier alpha value is -2.13. The number of nitro groups is 1. The van der Waals surface area contributed by atoms with Gasteiger partial charge in [-0.1, -0.05) is 0 Å². The van der Waals surface area contributed by atoms with Crippen LogP contribution in [-0.2, 0) is 4.74 Å². The van der Waals surface area contributed by atoms with Crippen LogP contribution in [0.15, 0.2) is 18.2 Å². The zero-order valence-corrected chi connectivity index (χ0v) is 11.4. The van der Waals surface area contributed by atoms with Crippen molar-refractivity contribution in [1.29, 1.82) is 5.26 Å². The summed E-state index contributed by atoms with van der Waals surface area (Å²) in [5.41, 5.74) is 0.772. The van der Waals surface area contributed by atoms with Crippen LogP contribution in [0.1, 0.15) is 24.8 Å². The number of ether oxygens (including phenoxy) is 1. The van der Waals surface area contributed by atoms with Crippen molar-refractivity contribution < 1.29 is 9.66 Å². The number of rotatable bonds is 4. The Morgan fingerprint density at radius 1 is 1.55 bits per heavy atom. The van der Waals surface area contributed by atoms with Crippen LogP contribution in [0.4, 0.5) is 11.4 Å². The summed E-state index contributed by atoms with van der Waals surface area (Å²) in [6.07, 6.45) is 3.31. The lowest BCUT2D eigenvalue weighted by Crippen LogP contribution is -2.33. The third kappa shape index (κ3) is 3.25. The molecule has 0 amide bonds. The summed E-state index contributed by atoms with van der Waals surface area (Å²) in [7, 11) is 1.81. The monoisotopic (exact) mass is 275 g/mol. The standard InChI is InChI=1S/C14H17N3O3/c1-16(10-12-4-2-3-7-20-12)13-6-5-11(9-15)8-14(13)17(18)19/h5-6,8,12H,2-4,7,10H2,1H3. The lowest BCUT2D eigenvalue weighted by atomic mass is 10.1. The highest BCUT2D eigenvalue weighted by Gasteiger charge is 2.22. The van der Waals surface area contributed by atoms with Crippen LogP contribution in [0.3, 0.4) is 0 Å². The molecular weight excluding hydrogens is 258 g/mol. The summed E-state index contributed by atoms with van der Waals surface area (Å²) in [4.78, 5) is 12.5. The minimum atomic E-state index is -0.450. The van der Waals surface area contributed by atoms with Crippen molar-refractivity contribution in [3.8, 4) is 6.07 Å². The molecule has 6 nitrogen and oxygen atoms in total. The van der Waals surface area contributed by atoms with Gasteiger partial charge >= 0.3 is 0 Å². The fourth-order valence-electron chi connectivity index (χ4n) is 2.42. The number of nitrogens with zero attached hydrogens (tertiary/aromatic N) is 3. The van der Waals surface area contributed by atoms with Gasteiger partial charge in [-0.05, 0) is 31.4 Å². The maximum atomic E-state index is 11.1. The molecule has 0 N–H and O–H groups in total. The van der Waals surface area contributed by atoms with Gasteiger partial charge in [0.05, 0.1) is 22.7 Å². The van der Waals surface area contributed by atoms with Gasteiger partial charge in [-0.15, -0.1) is 0 Å². The molecule has 0 radical (unpaired) electrons. The molecular formula is C14H17N3O3. The lowest BCUT2D eigenvalue weighted by molar-refractivity contribution is -0.384. The molecule has 1 aromatic carbocycles. The SMILES string of the molecule is CN(CC1CCCCO1)c1ccc(C#N)cc1[N+](=O)[O-]. The molecule has 20 heavy (non-hydrogen) atoms. The second-order valence-corrected chi connectivity index (χ2v) is 4.94. The highest BCUT2D eigenvalue weighted by molar-refractivity contribution is 5.65. The van der Waals surface area contributed by atoms with Crippen LogP contribution in [0.25, 0.3) is 0 Å². The van der Waals surface area contributed by atoms with Crippen molar-refractivity contribution in [2.45, 2.75) is 25.4 Å². The van der Waals surface area contributed by atoms with Gasteiger partial charge in [-0.2, -0.15) is 5.26 Å². The predicted octanol–water partition coefficient (Wildman–Crippen LogP) is 2.47. The van der Waals surface area contributed by atoms with E-state index in [0.29, 0.717) is 17.8 Å². The number of hydrogen-bond acceptors (Lipinski definition) is 5. The molecule has 0 bridgehead atoms. The van der Waals surface area contributed by atoms with Gasteiger partial charge in [0.15, 0.2) is 0 Å². The number of nitro benzene ring substituents is 1. The zero-order chi connectivity index (χ0) is 14.5. The van der Waals surface area contributed by atoms with Crippen molar-refractivity contribution in [3.63, 3.8) is 0 Å². The second-order valence-electron chi connectivity index (χ2n) is 4.94. The molecule has 0 saturated carbocycles. The number of nitriles is 1. The Labute approximate surface area is 117 Å². The summed E-state index contributed by atoms with van der Waals surface area (Å²) >= 11 is 0. The van der Waals surface area contributed by atoms with Crippen molar-refractivity contribution in [2.24, 2.45) is 0 Å². The van der Waals surface area contributed by atoms with E-state index in [1.807, 2.05) is 18.0 Å². The Kier molecular flexibility index (Phi) is 4.53. The summed E-state index contributed by atoms with van der Waals surface area (Å²) in [5, 5.41) is 20.0. The van der Waals surface area contributed by atoms with E-state index in [1.54, 1.807) is 12.1 Å². The van der Waals surface area contributed by atoms with E-state index in [0.717, 1.165) is 25.9 Å². The van der Waals surface area contributed by atoms with Gasteiger partial charge in [0, 0.05) is 26.3 Å². The summed E-state index contributed by atoms with van der Waals surface area (Å²) in [6.45, 7) is 1.38. The van der Waals surface area contributed by atoms with E-state index >= 15 is 0 Å². The number of likely N-dealkylation sites (N-methyl/N-ethyl adjacent to an activating group) is 1. The summed E-state index contributed by atoms with van der Waals surface area (Å²) in [6, 6.07) is 6.46. The van der Waals surface area contributed by atoms with Crippen molar-refractivity contribution in [1.82, 2.24) is 0 Å². The molecule has 106 valence electrons. The molecule has 1 unspecified atom stereocenters. The molecule has 1 heterocycles. The first kappa shape index (κ1) is 14.3. The second kappa shape index (κ2) is 6.35. The van der Waals surface area contributed by atoms with Gasteiger partial charge < -0.3 is 9.64 Å². The highest BCUT2D eigenvalue weighted by atomic mass is 16.6. The molecule has 1 fully saturated rings. The minimum Gasteiger partial charge on any atom is -0.376 e. The Morgan fingerprint density at radius 2 is 2.35 bits per heavy atom. The maximum Gasteiger partial charge on any atom is 0.293 e. The molecule has 1 aliphatic rings. The summed E-state index contributed by atoms with van der Waals surface area (Å²) in [5.74, 6) is 0. The smallest absolute Gasteiger partial charge is 0.293 e. The van der Waals surface area contributed by atoms with Gasteiger partial charge in [-0.3, -0.25) is 10.1 Å². The first-order valence-electron chi connectivity index (χ1n) is 6.63. The largest absolute Gasteiger partial charge is 0.376 e. The normalized spacial score (nSPS) is 18.3. The molecule has 1 saturated heterocycles. The van der Waals surface area contributed by atoms with E-state index in [1.165, 1.54) is 6.07 Å². The molecule has 6 heteroatoms. The average Bonchev–Trinajstić information content (AvgIpc) is 2.47. The quantitative estimate of drug-likeness (QED) is 0.623. The van der Waals surface area contributed by atoms with Crippen LogP contribution in [0.5, 0.6) is 0 Å². The Balaban J connectivity index is 2.18. The van der Waals surface area contributed by atoms with E-state index < -0.39 is 4.92 Å². The van der Waals surface area contributed by atoms with E-state index in [2.05, 4.69) is 0 Å². The topological polar surface area (TPSA) is 79.4 Å². The minimum absolute atomic E-state index is 0.0395. The fourth-order valence-corrected chi connectivity index (χ4v) is 2.42. The van der Waals surface area contributed by atoms with E-state index in [4.69, 9.17) is 10.00 Å². The van der Waals surface area contributed by atoms with Crippen molar-refractivity contribution >= 4 is 11.4 Å². The van der Waals surface area contributed by atoms with Crippen molar-refractivity contribution in [2.75, 3.05) is 25.1 Å². The fraction of sp³-hybridized carbons (Fsp3) is 0.500. The molecule has 0 spiro atoms. The summed E-state index contributed by atoms with van der Waals surface area (Å²) < 4.78 is 5.65. The molecule has 1 aromatic rings. The molecule has 0 aliphatic carbocycles. The third-order valence-electron chi connectivity index (χ3n) is 3.46. The van der Waals surface area contributed by atoms with Crippen LogP contribution < -0.4 is 4.90 Å². The van der Waals surface area contributed by atoms with Crippen LogP contribution >= 0.6 is 0 Å². The maximum absolute atomic E-state index is 11.1. The zero-order valence-electron chi connectivity index (χ0n) is 11.4. The molecule has 1 aliphatic heterocycles. The first-order valence-corrected chi connectivity index (χ1v) is 6.63. The number of benzene rings is 1. The van der Waals surface area contributed by atoms with Crippen LogP contribution in [-0.4, -0.2) is 31.2 Å². The average molecular weight is 275 g/mol. The van der Waals surface area contributed by atoms with Gasteiger partial charge in [0.1, 0.15) is 5.69 Å². The Morgan fingerprint density at radius 3 is 2.95 bits per heavy atom. The van der Waals surface area contributed by atoms with E-state index in [-0.39, 0.29) is 11.8 Å².